The van der Waals surface area contributed by atoms with Crippen LogP contribution in [0.2, 0.25) is 0 Å². The Bertz CT molecular complexity index is 702. The molecule has 1 fully saturated rings. The summed E-state index contributed by atoms with van der Waals surface area (Å²) in [7, 11) is 0. The van der Waals surface area contributed by atoms with Gasteiger partial charge in [-0.1, -0.05) is 65.7 Å². The highest BCUT2D eigenvalue weighted by molar-refractivity contribution is 5.91. The maximum absolute atomic E-state index is 13.0. The minimum absolute atomic E-state index is 0.0975. The molecule has 208 valence electrons. The van der Waals surface area contributed by atoms with E-state index in [0.717, 1.165) is 51.4 Å². The lowest BCUT2D eigenvalue weighted by Gasteiger charge is -2.30. The lowest BCUT2D eigenvalue weighted by Crippen LogP contribution is -2.55. The summed E-state index contributed by atoms with van der Waals surface area (Å²) < 4.78 is 0. The summed E-state index contributed by atoms with van der Waals surface area (Å²) in [4.78, 5) is 49.8. The summed E-state index contributed by atoms with van der Waals surface area (Å²) in [5.74, 6) is -1.26. The van der Waals surface area contributed by atoms with Crippen molar-refractivity contribution in [2.45, 2.75) is 129 Å². The van der Waals surface area contributed by atoms with Crippen molar-refractivity contribution in [3.8, 4) is 0 Å². The van der Waals surface area contributed by atoms with Crippen LogP contribution in [0.5, 0.6) is 0 Å². The van der Waals surface area contributed by atoms with E-state index < -0.39 is 30.1 Å². The smallest absolute Gasteiger partial charge is 0.243 e. The Labute approximate surface area is 217 Å². The number of aliphatic hydroxyl groups is 1. The van der Waals surface area contributed by atoms with Crippen molar-refractivity contribution in [3.63, 3.8) is 0 Å². The van der Waals surface area contributed by atoms with Crippen molar-refractivity contribution >= 4 is 23.6 Å². The van der Waals surface area contributed by atoms with E-state index in [-0.39, 0.29) is 30.1 Å². The molecule has 1 aliphatic rings. The van der Waals surface area contributed by atoms with Crippen molar-refractivity contribution in [1.29, 1.82) is 0 Å². The molecule has 5 N–H and O–H groups in total. The van der Waals surface area contributed by atoms with Crippen molar-refractivity contribution in [2.75, 3.05) is 6.54 Å². The molecule has 4 amide bonds. The molecular formula is C27H50N4O5. The molecule has 9 heteroatoms. The molecule has 36 heavy (non-hydrogen) atoms. The number of rotatable bonds is 8. The quantitative estimate of drug-likeness (QED) is 0.320. The first-order valence-corrected chi connectivity index (χ1v) is 13.9. The fourth-order valence-corrected chi connectivity index (χ4v) is 4.63. The molecule has 0 saturated carbocycles. The maximum atomic E-state index is 13.0. The van der Waals surface area contributed by atoms with Crippen LogP contribution in [0.4, 0.5) is 0 Å². The Hall–Kier alpha value is -2.16. The predicted octanol–water partition coefficient (Wildman–Crippen LogP) is 2.55. The molecule has 1 rings (SSSR count). The average Bonchev–Trinajstić information content (AvgIpc) is 2.81. The molecule has 1 saturated heterocycles. The molecule has 4 unspecified atom stereocenters. The summed E-state index contributed by atoms with van der Waals surface area (Å²) in [6, 6.07) is -2.04. The van der Waals surface area contributed by atoms with Crippen LogP contribution in [0.15, 0.2) is 0 Å². The third kappa shape index (κ3) is 12.7. The van der Waals surface area contributed by atoms with E-state index >= 15 is 0 Å². The van der Waals surface area contributed by atoms with Crippen LogP contribution < -0.4 is 21.3 Å². The second-order valence-electron chi connectivity index (χ2n) is 10.6. The van der Waals surface area contributed by atoms with Gasteiger partial charge in [-0.15, -0.1) is 0 Å². The highest BCUT2D eigenvalue weighted by atomic mass is 16.3. The Morgan fingerprint density at radius 3 is 2.31 bits per heavy atom. The Kier molecular flexibility index (Phi) is 15.3. The predicted molar refractivity (Wildman–Crippen MR) is 141 cm³/mol. The van der Waals surface area contributed by atoms with E-state index in [4.69, 9.17) is 0 Å². The normalized spacial score (nSPS) is 26.7. The fourth-order valence-electron chi connectivity index (χ4n) is 4.63. The van der Waals surface area contributed by atoms with E-state index in [1.807, 2.05) is 0 Å². The molecule has 0 aromatic rings. The monoisotopic (exact) mass is 510 g/mol. The van der Waals surface area contributed by atoms with Gasteiger partial charge < -0.3 is 26.4 Å². The number of hydrogen-bond acceptors (Lipinski definition) is 5. The fraction of sp³-hybridized carbons (Fsp3) is 0.852. The molecular weight excluding hydrogens is 460 g/mol. The van der Waals surface area contributed by atoms with Crippen LogP contribution in [0.25, 0.3) is 0 Å². The van der Waals surface area contributed by atoms with Crippen LogP contribution >= 0.6 is 0 Å². The van der Waals surface area contributed by atoms with Gasteiger partial charge in [-0.3, -0.25) is 19.2 Å². The summed E-state index contributed by atoms with van der Waals surface area (Å²) in [5.41, 5.74) is 0. The average molecular weight is 511 g/mol. The zero-order chi connectivity index (χ0) is 27.1. The van der Waals surface area contributed by atoms with Gasteiger partial charge in [0.2, 0.25) is 23.6 Å². The third-order valence-electron chi connectivity index (χ3n) is 6.96. The first-order chi connectivity index (χ1) is 17.0. The van der Waals surface area contributed by atoms with Gasteiger partial charge in [-0.2, -0.15) is 0 Å². The summed E-state index contributed by atoms with van der Waals surface area (Å²) in [6.07, 6.45) is 8.35. The zero-order valence-electron chi connectivity index (χ0n) is 23.0. The van der Waals surface area contributed by atoms with Gasteiger partial charge in [-0.25, -0.2) is 0 Å². The molecule has 0 aromatic heterocycles. The van der Waals surface area contributed by atoms with E-state index in [1.54, 1.807) is 13.8 Å². The van der Waals surface area contributed by atoms with Crippen LogP contribution in [-0.2, 0) is 19.2 Å². The van der Waals surface area contributed by atoms with E-state index in [2.05, 4.69) is 35.1 Å². The van der Waals surface area contributed by atoms with Gasteiger partial charge in [0.15, 0.2) is 0 Å². The molecule has 0 radical (unpaired) electrons. The number of amides is 4. The van der Waals surface area contributed by atoms with Gasteiger partial charge in [0.05, 0.1) is 12.1 Å². The zero-order valence-corrected chi connectivity index (χ0v) is 23.0. The number of hydrogen-bond donors (Lipinski definition) is 5. The Balaban J connectivity index is 2.92. The molecule has 0 spiro atoms. The van der Waals surface area contributed by atoms with Crippen LogP contribution in [-0.4, -0.2) is 59.5 Å². The van der Waals surface area contributed by atoms with E-state index in [1.165, 1.54) is 6.92 Å². The van der Waals surface area contributed by atoms with Crippen LogP contribution in [0.3, 0.4) is 0 Å². The first kappa shape index (κ1) is 31.9. The van der Waals surface area contributed by atoms with E-state index in [0.29, 0.717) is 25.3 Å². The molecule has 6 atom stereocenters. The number of unbranched alkanes of at least 4 members (excludes halogenated alkanes) is 1. The largest absolute Gasteiger partial charge is 0.391 e. The molecule has 1 aliphatic heterocycles. The maximum Gasteiger partial charge on any atom is 0.243 e. The van der Waals surface area contributed by atoms with Crippen LogP contribution in [0, 0.1) is 11.8 Å². The minimum Gasteiger partial charge on any atom is -0.391 e. The number of nitrogens with one attached hydrogen (secondary N) is 4. The molecule has 0 aliphatic carbocycles. The number of aliphatic hydroxyl groups excluding tert-OH is 1. The number of carbonyl (C=O) groups excluding carboxylic acids is 4. The topological polar surface area (TPSA) is 137 Å². The van der Waals surface area contributed by atoms with Crippen molar-refractivity contribution < 1.29 is 24.3 Å². The molecule has 9 nitrogen and oxygen atoms in total. The SMILES string of the molecule is CCCCNC(=O)[C@H](C)C[C@H](O)C1CC(C)CCCCCCCC(NC(C)=O)C(=O)NC(C)C(=O)N1. The highest BCUT2D eigenvalue weighted by Crippen LogP contribution is 2.21. The molecule has 0 bridgehead atoms. The lowest BCUT2D eigenvalue weighted by molar-refractivity contribution is -0.132. The summed E-state index contributed by atoms with van der Waals surface area (Å²) in [5, 5.41) is 22.3. The highest BCUT2D eigenvalue weighted by Gasteiger charge is 2.30. The molecule has 0 aromatic carbocycles. The van der Waals surface area contributed by atoms with Crippen molar-refractivity contribution in [3.05, 3.63) is 0 Å². The Morgan fingerprint density at radius 1 is 1.03 bits per heavy atom. The molecule has 1 heterocycles. The number of carbonyl (C=O) groups is 4. The van der Waals surface area contributed by atoms with Crippen LogP contribution in [0.1, 0.15) is 105 Å². The first-order valence-electron chi connectivity index (χ1n) is 13.9. The minimum atomic E-state index is -0.891. The van der Waals surface area contributed by atoms with Gasteiger partial charge in [0.1, 0.15) is 12.1 Å². The standard InChI is InChI=1S/C27H50N4O5/c1-6-7-15-28-25(34)19(3)17-24(33)23-16-18(2)13-11-9-8-10-12-14-22(30-21(5)32)27(36)29-20(4)26(35)31-23/h18-20,22-24,33H,6-17H2,1-5H3,(H,28,34)(H,29,36)(H,30,32)(H,31,35)/t18?,19-,20?,22?,23?,24+/m1/s1. The summed E-state index contributed by atoms with van der Waals surface area (Å²) >= 11 is 0. The van der Waals surface area contributed by atoms with Crippen molar-refractivity contribution in [2.24, 2.45) is 11.8 Å². The lowest BCUT2D eigenvalue weighted by atomic mass is 9.89. The Morgan fingerprint density at radius 2 is 1.67 bits per heavy atom. The van der Waals surface area contributed by atoms with Gasteiger partial charge >= 0.3 is 0 Å². The van der Waals surface area contributed by atoms with E-state index in [9.17, 15) is 24.3 Å². The van der Waals surface area contributed by atoms with Crippen molar-refractivity contribution in [1.82, 2.24) is 21.3 Å². The third-order valence-corrected chi connectivity index (χ3v) is 6.96. The van der Waals surface area contributed by atoms with Gasteiger partial charge in [-0.05, 0) is 38.5 Å². The second kappa shape index (κ2) is 17.3. The van der Waals surface area contributed by atoms with Gasteiger partial charge in [0.25, 0.3) is 0 Å². The summed E-state index contributed by atoms with van der Waals surface area (Å²) in [6.45, 7) is 9.56. The second-order valence-corrected chi connectivity index (χ2v) is 10.6. The van der Waals surface area contributed by atoms with Gasteiger partial charge in [0, 0.05) is 19.4 Å².